The number of hydrogen-bond donors (Lipinski definition) is 1. The third kappa shape index (κ3) is 2.51. The second-order valence-corrected chi connectivity index (χ2v) is 4.99. The van der Waals surface area contributed by atoms with Gasteiger partial charge in [-0.1, -0.05) is 29.8 Å². The van der Waals surface area contributed by atoms with Crippen LogP contribution in [0.1, 0.15) is 25.5 Å². The first kappa shape index (κ1) is 10.9. The predicted molar refractivity (Wildman–Crippen MR) is 62.2 cm³/mol. The minimum atomic E-state index is 0.0672. The average molecular weight is 226 g/mol. The monoisotopic (exact) mass is 225 g/mol. The molecule has 2 rings (SSSR count). The molecule has 82 valence electrons. The van der Waals surface area contributed by atoms with Crippen LogP contribution in [0.5, 0.6) is 0 Å². The number of halogens is 1. The molecule has 1 heterocycles. The zero-order valence-electron chi connectivity index (χ0n) is 9.09. The maximum atomic E-state index is 6.12. The van der Waals surface area contributed by atoms with Crippen molar-refractivity contribution < 1.29 is 4.74 Å². The summed E-state index contributed by atoms with van der Waals surface area (Å²) in [5, 5.41) is 4.23. The van der Waals surface area contributed by atoms with E-state index in [0.717, 1.165) is 17.1 Å². The standard InChI is InChI=1S/C12H16ClNO/c1-12(2)8-15-11(7-14-12)9-5-3-4-6-10(9)13/h3-6,11,14H,7-8H2,1-2H3. The summed E-state index contributed by atoms with van der Waals surface area (Å²) in [5.74, 6) is 0. The molecule has 1 atom stereocenters. The van der Waals surface area contributed by atoms with Crippen molar-refractivity contribution in [3.8, 4) is 0 Å². The van der Waals surface area contributed by atoms with E-state index < -0.39 is 0 Å². The van der Waals surface area contributed by atoms with Crippen molar-refractivity contribution in [3.05, 3.63) is 34.9 Å². The molecule has 1 aliphatic rings. The Balaban J connectivity index is 2.11. The maximum absolute atomic E-state index is 6.12. The molecule has 0 bridgehead atoms. The van der Waals surface area contributed by atoms with Crippen LogP contribution in [0.2, 0.25) is 5.02 Å². The lowest BCUT2D eigenvalue weighted by Gasteiger charge is -2.36. The van der Waals surface area contributed by atoms with Crippen LogP contribution in [-0.4, -0.2) is 18.7 Å². The summed E-state index contributed by atoms with van der Waals surface area (Å²) in [4.78, 5) is 0. The van der Waals surface area contributed by atoms with Crippen LogP contribution in [0.4, 0.5) is 0 Å². The average Bonchev–Trinajstić information content (AvgIpc) is 2.19. The summed E-state index contributed by atoms with van der Waals surface area (Å²) in [6.07, 6.45) is 0.0757. The van der Waals surface area contributed by atoms with Gasteiger partial charge in [-0.3, -0.25) is 0 Å². The maximum Gasteiger partial charge on any atom is 0.0964 e. The number of ether oxygens (including phenoxy) is 1. The normalized spacial score (nSPS) is 25.1. The highest BCUT2D eigenvalue weighted by atomic mass is 35.5. The first-order chi connectivity index (χ1) is 7.08. The summed E-state index contributed by atoms with van der Waals surface area (Å²) in [6, 6.07) is 7.85. The molecule has 3 heteroatoms. The largest absolute Gasteiger partial charge is 0.370 e. The SMILES string of the molecule is CC1(C)COC(c2ccccc2Cl)CN1. The van der Waals surface area contributed by atoms with E-state index in [2.05, 4.69) is 19.2 Å². The molecule has 1 unspecified atom stereocenters. The van der Waals surface area contributed by atoms with Crippen molar-refractivity contribution in [1.29, 1.82) is 0 Å². The van der Waals surface area contributed by atoms with E-state index >= 15 is 0 Å². The second-order valence-electron chi connectivity index (χ2n) is 4.59. The minimum absolute atomic E-state index is 0.0672. The molecular formula is C12H16ClNO. The van der Waals surface area contributed by atoms with E-state index in [1.165, 1.54) is 0 Å². The summed E-state index contributed by atoms with van der Waals surface area (Å²) < 4.78 is 5.81. The Morgan fingerprint density at radius 3 is 2.73 bits per heavy atom. The third-order valence-electron chi connectivity index (χ3n) is 2.66. The number of benzene rings is 1. The van der Waals surface area contributed by atoms with Gasteiger partial charge in [0.15, 0.2) is 0 Å². The van der Waals surface area contributed by atoms with Gasteiger partial charge in [0.1, 0.15) is 0 Å². The second kappa shape index (κ2) is 4.12. The molecule has 1 aliphatic heterocycles. The molecule has 1 fully saturated rings. The Hall–Kier alpha value is -0.570. The third-order valence-corrected chi connectivity index (χ3v) is 3.01. The Bertz CT molecular complexity index is 341. The van der Waals surface area contributed by atoms with Crippen LogP contribution in [0, 0.1) is 0 Å². The van der Waals surface area contributed by atoms with Crippen molar-refractivity contribution >= 4 is 11.6 Å². The van der Waals surface area contributed by atoms with Gasteiger partial charge in [-0.25, -0.2) is 0 Å². The van der Waals surface area contributed by atoms with E-state index in [0.29, 0.717) is 6.61 Å². The van der Waals surface area contributed by atoms with Gasteiger partial charge >= 0.3 is 0 Å². The van der Waals surface area contributed by atoms with E-state index in [-0.39, 0.29) is 11.6 Å². The van der Waals surface area contributed by atoms with Gasteiger partial charge in [0.2, 0.25) is 0 Å². The topological polar surface area (TPSA) is 21.3 Å². The molecule has 0 spiro atoms. The van der Waals surface area contributed by atoms with Crippen molar-refractivity contribution in [3.63, 3.8) is 0 Å². The van der Waals surface area contributed by atoms with E-state index in [9.17, 15) is 0 Å². The molecule has 1 aromatic carbocycles. The van der Waals surface area contributed by atoms with Crippen molar-refractivity contribution in [1.82, 2.24) is 5.32 Å². The highest BCUT2D eigenvalue weighted by Gasteiger charge is 2.28. The van der Waals surface area contributed by atoms with Gasteiger partial charge in [-0.2, -0.15) is 0 Å². The molecule has 0 aliphatic carbocycles. The first-order valence-electron chi connectivity index (χ1n) is 5.19. The lowest BCUT2D eigenvalue weighted by Crippen LogP contribution is -2.50. The lowest BCUT2D eigenvalue weighted by atomic mass is 10.0. The molecular weight excluding hydrogens is 210 g/mol. The summed E-state index contributed by atoms with van der Waals surface area (Å²) in [7, 11) is 0. The molecule has 1 saturated heterocycles. The van der Waals surface area contributed by atoms with Crippen LogP contribution in [-0.2, 0) is 4.74 Å². The Kier molecular flexibility index (Phi) is 3.01. The fourth-order valence-electron chi connectivity index (χ4n) is 1.72. The summed E-state index contributed by atoms with van der Waals surface area (Å²) >= 11 is 6.12. The van der Waals surface area contributed by atoms with Crippen LogP contribution in [0.3, 0.4) is 0 Å². The van der Waals surface area contributed by atoms with Crippen molar-refractivity contribution in [2.75, 3.05) is 13.2 Å². The van der Waals surface area contributed by atoms with Crippen molar-refractivity contribution in [2.45, 2.75) is 25.5 Å². The molecule has 1 N–H and O–H groups in total. The van der Waals surface area contributed by atoms with E-state index in [1.54, 1.807) is 0 Å². The number of rotatable bonds is 1. The van der Waals surface area contributed by atoms with Gasteiger partial charge in [-0.15, -0.1) is 0 Å². The smallest absolute Gasteiger partial charge is 0.0964 e. The molecule has 1 aromatic rings. The number of morpholine rings is 1. The predicted octanol–water partition coefficient (Wildman–Crippen LogP) is 2.78. The van der Waals surface area contributed by atoms with Crippen LogP contribution < -0.4 is 5.32 Å². The molecule has 0 saturated carbocycles. The van der Waals surface area contributed by atoms with Crippen molar-refractivity contribution in [2.24, 2.45) is 0 Å². The zero-order chi connectivity index (χ0) is 10.9. The van der Waals surface area contributed by atoms with Crippen LogP contribution in [0.15, 0.2) is 24.3 Å². The first-order valence-corrected chi connectivity index (χ1v) is 5.57. The summed E-state index contributed by atoms with van der Waals surface area (Å²) in [5.41, 5.74) is 1.14. The van der Waals surface area contributed by atoms with E-state index in [1.807, 2.05) is 24.3 Å². The zero-order valence-corrected chi connectivity index (χ0v) is 9.84. The van der Waals surface area contributed by atoms with Gasteiger partial charge in [0.05, 0.1) is 12.7 Å². The molecule has 15 heavy (non-hydrogen) atoms. The number of hydrogen-bond acceptors (Lipinski definition) is 2. The molecule has 0 amide bonds. The molecule has 2 nitrogen and oxygen atoms in total. The Morgan fingerprint density at radius 2 is 2.13 bits per heavy atom. The van der Waals surface area contributed by atoms with Gasteiger partial charge in [0.25, 0.3) is 0 Å². The Morgan fingerprint density at radius 1 is 1.40 bits per heavy atom. The highest BCUT2D eigenvalue weighted by Crippen LogP contribution is 2.28. The van der Waals surface area contributed by atoms with Crippen LogP contribution >= 0.6 is 11.6 Å². The fraction of sp³-hybridized carbons (Fsp3) is 0.500. The van der Waals surface area contributed by atoms with Gasteiger partial charge in [0, 0.05) is 22.7 Å². The fourth-order valence-corrected chi connectivity index (χ4v) is 1.98. The van der Waals surface area contributed by atoms with Crippen LogP contribution in [0.25, 0.3) is 0 Å². The van der Waals surface area contributed by atoms with E-state index in [4.69, 9.17) is 16.3 Å². The lowest BCUT2D eigenvalue weighted by molar-refractivity contribution is -0.0228. The minimum Gasteiger partial charge on any atom is -0.370 e. The summed E-state index contributed by atoms with van der Waals surface area (Å²) in [6.45, 7) is 5.80. The molecule has 0 aromatic heterocycles. The van der Waals surface area contributed by atoms with Gasteiger partial charge < -0.3 is 10.1 Å². The highest BCUT2D eigenvalue weighted by molar-refractivity contribution is 6.31. The Labute approximate surface area is 95.6 Å². The quantitative estimate of drug-likeness (QED) is 0.794. The molecule has 0 radical (unpaired) electrons. The van der Waals surface area contributed by atoms with Gasteiger partial charge in [-0.05, 0) is 19.9 Å². The number of nitrogens with one attached hydrogen (secondary N) is 1.